The van der Waals surface area contributed by atoms with E-state index in [-0.39, 0.29) is 50.7 Å². The molecule has 0 amide bonds. The third-order valence-corrected chi connectivity index (χ3v) is 2.13. The number of rotatable bonds is 0. The topological polar surface area (TPSA) is 0 Å². The largest absolute Gasteiger partial charge is 4.00 e. The van der Waals surface area contributed by atoms with Gasteiger partial charge in [-0.15, -0.1) is 36.1 Å². The molecule has 0 heterocycles. The Morgan fingerprint density at radius 2 is 1.75 bits per heavy atom. The molecule has 4 heteroatoms. The molecule has 0 aliphatic heterocycles. The molecule has 0 N–H and O–H groups in total. The van der Waals surface area contributed by atoms with Crippen molar-refractivity contribution in [3.05, 3.63) is 66.8 Å². The molecule has 0 saturated carbocycles. The van der Waals surface area contributed by atoms with Crippen molar-refractivity contribution in [2.24, 2.45) is 0 Å². The monoisotopic (exact) mass is 488 g/mol. The molecule has 0 atom stereocenters. The van der Waals surface area contributed by atoms with Gasteiger partial charge in [-0.2, -0.15) is 23.6 Å². The maximum Gasteiger partial charge on any atom is 4.00 e. The second kappa shape index (κ2) is 17.0. The van der Waals surface area contributed by atoms with Crippen molar-refractivity contribution in [1.82, 2.24) is 0 Å². The van der Waals surface area contributed by atoms with Crippen LogP contribution in [0.1, 0.15) is 6.42 Å². The molecule has 2 aromatic rings. The molecule has 20 heavy (non-hydrogen) atoms. The van der Waals surface area contributed by atoms with E-state index in [1.807, 2.05) is 12.2 Å². The van der Waals surface area contributed by atoms with Crippen LogP contribution in [0.4, 0.5) is 0 Å². The van der Waals surface area contributed by atoms with Crippen molar-refractivity contribution in [1.29, 1.82) is 0 Å². The maximum atomic E-state index is 2.99. The van der Waals surface area contributed by atoms with Crippen molar-refractivity contribution in [3.8, 4) is 0 Å². The van der Waals surface area contributed by atoms with Crippen LogP contribution >= 0.6 is 0 Å². The molecule has 1 aliphatic carbocycles. The van der Waals surface area contributed by atoms with Gasteiger partial charge >= 0.3 is 25.8 Å². The van der Waals surface area contributed by atoms with Gasteiger partial charge in [0.2, 0.25) is 0 Å². The molecule has 0 unspecified atom stereocenters. The van der Waals surface area contributed by atoms with Gasteiger partial charge in [0.25, 0.3) is 0 Å². The van der Waals surface area contributed by atoms with Crippen molar-refractivity contribution in [2.45, 2.75) is 19.5 Å². The number of benzene rings is 1. The van der Waals surface area contributed by atoms with E-state index in [1.54, 1.807) is 0 Å². The molecule has 0 nitrogen and oxygen atoms in total. The van der Waals surface area contributed by atoms with Crippen LogP contribution in [-0.4, -0.2) is 9.52 Å². The van der Waals surface area contributed by atoms with E-state index in [0.717, 1.165) is 15.9 Å². The summed E-state index contributed by atoms with van der Waals surface area (Å²) in [6.45, 7) is 4.31. The summed E-state index contributed by atoms with van der Waals surface area (Å²) in [6.07, 6.45) is 10.0. The Labute approximate surface area is 156 Å². The summed E-state index contributed by atoms with van der Waals surface area (Å²) < 4.78 is 0. The Morgan fingerprint density at radius 3 is 2.20 bits per heavy atom. The van der Waals surface area contributed by atoms with Crippen LogP contribution in [0.2, 0.25) is 13.1 Å². The van der Waals surface area contributed by atoms with Gasteiger partial charge < -0.3 is 24.8 Å². The van der Waals surface area contributed by atoms with Gasteiger partial charge in [-0.3, -0.25) is 6.08 Å². The molecular weight excluding hydrogens is 470 g/mol. The first-order valence-electron chi connectivity index (χ1n) is 5.79. The van der Waals surface area contributed by atoms with Gasteiger partial charge in [-0.05, 0) is 0 Å². The zero-order chi connectivity index (χ0) is 12.3. The molecule has 1 aliphatic rings. The maximum absolute atomic E-state index is 2.99. The van der Waals surface area contributed by atoms with Crippen LogP contribution in [0.5, 0.6) is 0 Å². The summed E-state index contributed by atoms with van der Waals surface area (Å²) in [5.41, 5.74) is 0. The molecule has 0 fully saturated rings. The normalized spacial score (nSPS) is 9.90. The standard InChI is InChI=1S/C9H7.C5H5.C2H6Si.2ClH.Hf/c1-2-5-9-7-3-6-8(9)4-1;1-2-4-5-3-1;1-3-2;;;/h1-7H;1-3H,4H2;1-2H3;2*1H;/q2*-1;;;;+4/p-2. The van der Waals surface area contributed by atoms with E-state index >= 15 is 0 Å². The fourth-order valence-electron chi connectivity index (χ4n) is 1.41. The molecule has 0 aromatic heterocycles. The smallest absolute Gasteiger partial charge is 1.00 e. The van der Waals surface area contributed by atoms with E-state index < -0.39 is 0 Å². The Hall–Kier alpha value is -0.0230. The Bertz CT molecular complexity index is 438. The summed E-state index contributed by atoms with van der Waals surface area (Å²) in [7, 11) is 1.08. The summed E-state index contributed by atoms with van der Waals surface area (Å²) in [5.74, 6) is 0. The third-order valence-electron chi connectivity index (χ3n) is 2.13. The number of fused-ring (bicyclic) bond motifs is 1. The van der Waals surface area contributed by atoms with Crippen molar-refractivity contribution >= 4 is 20.3 Å². The van der Waals surface area contributed by atoms with Crippen molar-refractivity contribution in [3.63, 3.8) is 0 Å². The fraction of sp³-hybridized carbons (Fsp3) is 0.188. The number of hydrogen-bond acceptors (Lipinski definition) is 0. The molecule has 0 saturated heterocycles. The van der Waals surface area contributed by atoms with E-state index in [1.165, 1.54) is 10.8 Å². The molecule has 2 aromatic carbocycles. The van der Waals surface area contributed by atoms with Gasteiger partial charge in [-0.25, -0.2) is 12.2 Å². The average Bonchev–Trinajstić information content (AvgIpc) is 3.05. The van der Waals surface area contributed by atoms with E-state index in [9.17, 15) is 0 Å². The quantitative estimate of drug-likeness (QED) is 0.319. The third kappa shape index (κ3) is 10.7. The van der Waals surface area contributed by atoms with E-state index in [0.29, 0.717) is 0 Å². The van der Waals surface area contributed by atoms with Gasteiger partial charge in [0.15, 0.2) is 0 Å². The van der Waals surface area contributed by atoms with Crippen LogP contribution in [0.3, 0.4) is 0 Å². The summed E-state index contributed by atoms with van der Waals surface area (Å²) in [4.78, 5) is 0. The van der Waals surface area contributed by atoms with Crippen LogP contribution in [0, 0.1) is 6.08 Å². The minimum Gasteiger partial charge on any atom is -1.00 e. The van der Waals surface area contributed by atoms with Crippen molar-refractivity contribution in [2.75, 3.05) is 0 Å². The Balaban J connectivity index is -0.000000231. The van der Waals surface area contributed by atoms with Crippen LogP contribution in [-0.2, 0) is 25.8 Å². The molecule has 2 radical (unpaired) electrons. The first-order valence-corrected chi connectivity index (χ1v) is 7.79. The second-order valence-corrected chi connectivity index (χ2v) is 4.66. The number of halogens is 2. The zero-order valence-electron chi connectivity index (χ0n) is 11.7. The van der Waals surface area contributed by atoms with Gasteiger partial charge in [-0.1, -0.05) is 19.2 Å². The first kappa shape index (κ1) is 25.0. The number of hydrogen-bond donors (Lipinski definition) is 0. The van der Waals surface area contributed by atoms with Gasteiger partial charge in [0.05, 0.1) is 0 Å². The summed E-state index contributed by atoms with van der Waals surface area (Å²) >= 11 is 0. The van der Waals surface area contributed by atoms with Gasteiger partial charge in [0.1, 0.15) is 0 Å². The first-order chi connectivity index (χ1) is 8.38. The van der Waals surface area contributed by atoms with E-state index in [2.05, 4.69) is 67.7 Å². The SMILES string of the molecule is C[Si]C.[C-]1=CC=CC1.[Cl-].[Cl-].[Hf+4].c1ccc2[cH-]ccc2c1. The fourth-order valence-corrected chi connectivity index (χ4v) is 1.41. The van der Waals surface area contributed by atoms with Crippen molar-refractivity contribution < 1.29 is 50.7 Å². The van der Waals surface area contributed by atoms with Crippen LogP contribution < -0.4 is 24.8 Å². The minimum atomic E-state index is 0. The van der Waals surface area contributed by atoms with Gasteiger partial charge in [0, 0.05) is 9.52 Å². The molecule has 0 bridgehead atoms. The summed E-state index contributed by atoms with van der Waals surface area (Å²) in [6, 6.07) is 14.7. The Kier molecular flexibility index (Phi) is 21.3. The Morgan fingerprint density at radius 1 is 1.10 bits per heavy atom. The van der Waals surface area contributed by atoms with Crippen LogP contribution in [0.25, 0.3) is 10.8 Å². The second-order valence-electron chi connectivity index (χ2n) is 3.66. The van der Waals surface area contributed by atoms with Crippen LogP contribution in [0.15, 0.2) is 60.7 Å². The predicted octanol–water partition coefficient (Wildman–Crippen LogP) is -1.34. The summed E-state index contributed by atoms with van der Waals surface area (Å²) in [5, 5.41) is 2.66. The predicted molar refractivity (Wildman–Crippen MR) is 78.6 cm³/mol. The molecule has 3 rings (SSSR count). The molecular formula is C16H18Cl2HfSi. The molecule has 104 valence electrons. The average molecular weight is 488 g/mol. The minimum absolute atomic E-state index is 0. The number of allylic oxidation sites excluding steroid dienone is 4. The zero-order valence-corrected chi connectivity index (χ0v) is 17.8. The molecule has 0 spiro atoms. The van der Waals surface area contributed by atoms with E-state index in [4.69, 9.17) is 0 Å².